The van der Waals surface area contributed by atoms with Crippen molar-refractivity contribution in [3.05, 3.63) is 63.2 Å². The van der Waals surface area contributed by atoms with E-state index in [0.29, 0.717) is 12.2 Å². The van der Waals surface area contributed by atoms with Gasteiger partial charge in [-0.2, -0.15) is 0 Å². The molecule has 174 valence electrons. The number of imide groups is 1. The van der Waals surface area contributed by atoms with Gasteiger partial charge in [0.25, 0.3) is 5.69 Å². The van der Waals surface area contributed by atoms with Crippen molar-refractivity contribution in [2.45, 2.75) is 44.7 Å². The molecule has 4 aliphatic rings. The Kier molecular flexibility index (Phi) is 4.29. The number of nitrogens with one attached hydrogen (secondary N) is 1. The van der Waals surface area contributed by atoms with Crippen LogP contribution in [0, 0.1) is 28.9 Å². The van der Waals surface area contributed by atoms with Crippen LogP contribution in [0.4, 0.5) is 17.1 Å². The van der Waals surface area contributed by atoms with E-state index in [1.165, 1.54) is 12.1 Å². The number of rotatable bonds is 3. The van der Waals surface area contributed by atoms with Crippen LogP contribution in [-0.2, 0) is 26.3 Å². The fourth-order valence-electron chi connectivity index (χ4n) is 6.76. The number of anilines is 2. The summed E-state index contributed by atoms with van der Waals surface area (Å²) in [5.41, 5.74) is 1.58. The van der Waals surface area contributed by atoms with Crippen molar-refractivity contribution < 1.29 is 19.3 Å². The lowest BCUT2D eigenvalue weighted by Gasteiger charge is -2.37. The van der Waals surface area contributed by atoms with Gasteiger partial charge in [0.05, 0.1) is 28.0 Å². The highest BCUT2D eigenvalue weighted by Gasteiger charge is 2.74. The molecule has 2 aromatic rings. The quantitative estimate of drug-likeness (QED) is 0.428. The Balaban J connectivity index is 1.55. The van der Waals surface area contributed by atoms with Crippen molar-refractivity contribution in [3.63, 3.8) is 0 Å². The first-order chi connectivity index (χ1) is 16.3. The van der Waals surface area contributed by atoms with Crippen LogP contribution in [0.2, 0.25) is 0 Å². The monoisotopic (exact) mass is 460 g/mol. The first kappa shape index (κ1) is 21.0. The van der Waals surface area contributed by atoms with Gasteiger partial charge in [0, 0.05) is 23.4 Å². The number of amides is 3. The van der Waals surface area contributed by atoms with Gasteiger partial charge < -0.3 is 5.32 Å². The topological polar surface area (TPSA) is 113 Å². The van der Waals surface area contributed by atoms with Gasteiger partial charge in [0.15, 0.2) is 0 Å². The predicted octanol–water partition coefficient (Wildman–Crippen LogP) is 2.90. The maximum atomic E-state index is 14.1. The van der Waals surface area contributed by atoms with Crippen LogP contribution in [0.5, 0.6) is 0 Å². The second kappa shape index (κ2) is 6.96. The van der Waals surface area contributed by atoms with Crippen LogP contribution in [0.1, 0.15) is 36.5 Å². The first-order valence-electron chi connectivity index (χ1n) is 11.7. The standard InChI is InChI=1S/C25H24N4O5/c1-3-14-9-10-16-15(12-14)25(24(32)26-16)21-20(19-8-5-11-27(19)25)22(30)28(23(21)31)17-6-4-7-18(13(17)2)29(33)34/h4,6-7,9-10,12,19-21H,3,5,8,11H2,1-2H3,(H,26,32). The first-order valence-corrected chi connectivity index (χ1v) is 11.7. The molecule has 0 aromatic heterocycles. The average molecular weight is 460 g/mol. The van der Waals surface area contributed by atoms with E-state index in [0.717, 1.165) is 35.3 Å². The van der Waals surface area contributed by atoms with Crippen molar-refractivity contribution in [2.75, 3.05) is 16.8 Å². The Labute approximate surface area is 195 Å². The zero-order valence-electron chi connectivity index (χ0n) is 18.9. The SMILES string of the molecule is CCc1ccc2c(c1)C1(C(=O)N2)C2C(=O)N(c3cccc([N+](=O)[O-])c3C)C(=O)C2C2CCCN21. The molecule has 0 saturated carbocycles. The molecule has 4 unspecified atom stereocenters. The molecule has 0 aliphatic carbocycles. The van der Waals surface area contributed by atoms with Crippen molar-refractivity contribution in [1.29, 1.82) is 0 Å². The van der Waals surface area contributed by atoms with E-state index in [1.807, 2.05) is 25.1 Å². The summed E-state index contributed by atoms with van der Waals surface area (Å²) < 4.78 is 0. The lowest BCUT2D eigenvalue weighted by Crippen LogP contribution is -2.54. The predicted molar refractivity (Wildman–Crippen MR) is 123 cm³/mol. The van der Waals surface area contributed by atoms with E-state index in [9.17, 15) is 24.5 Å². The van der Waals surface area contributed by atoms with E-state index in [4.69, 9.17) is 0 Å². The fraction of sp³-hybridized carbons (Fsp3) is 0.400. The van der Waals surface area contributed by atoms with Gasteiger partial charge >= 0.3 is 0 Å². The number of hydrogen-bond donors (Lipinski definition) is 1. The van der Waals surface area contributed by atoms with Gasteiger partial charge in [-0.1, -0.05) is 25.1 Å². The van der Waals surface area contributed by atoms with E-state index < -0.39 is 28.2 Å². The van der Waals surface area contributed by atoms with Crippen molar-refractivity contribution in [1.82, 2.24) is 4.90 Å². The van der Waals surface area contributed by atoms with Gasteiger partial charge in [-0.3, -0.25) is 29.4 Å². The highest BCUT2D eigenvalue weighted by Crippen LogP contribution is 2.61. The minimum absolute atomic E-state index is 0.149. The Bertz CT molecular complexity index is 1310. The molecule has 4 heterocycles. The minimum atomic E-state index is -1.25. The van der Waals surface area contributed by atoms with Crippen LogP contribution < -0.4 is 10.2 Å². The zero-order chi connectivity index (χ0) is 23.9. The molecule has 9 nitrogen and oxygen atoms in total. The van der Waals surface area contributed by atoms with Gasteiger partial charge in [-0.05, 0) is 50.4 Å². The molecular formula is C25H24N4O5. The molecule has 3 saturated heterocycles. The maximum absolute atomic E-state index is 14.1. The lowest BCUT2D eigenvalue weighted by molar-refractivity contribution is -0.385. The zero-order valence-corrected chi connectivity index (χ0v) is 18.9. The third-order valence-electron chi connectivity index (χ3n) is 8.18. The number of nitro groups is 1. The van der Waals surface area contributed by atoms with Crippen LogP contribution in [0.3, 0.4) is 0 Å². The third-order valence-corrected chi connectivity index (χ3v) is 8.18. The smallest absolute Gasteiger partial charge is 0.274 e. The molecule has 1 N–H and O–H groups in total. The van der Waals surface area contributed by atoms with Crippen LogP contribution in [0.25, 0.3) is 0 Å². The molecule has 6 rings (SSSR count). The van der Waals surface area contributed by atoms with Gasteiger partial charge in [0.2, 0.25) is 17.7 Å². The maximum Gasteiger partial charge on any atom is 0.274 e. The van der Waals surface area contributed by atoms with Crippen LogP contribution >= 0.6 is 0 Å². The van der Waals surface area contributed by atoms with E-state index in [1.54, 1.807) is 13.0 Å². The Morgan fingerprint density at radius 2 is 1.97 bits per heavy atom. The molecular weight excluding hydrogens is 436 g/mol. The molecule has 0 bridgehead atoms. The summed E-state index contributed by atoms with van der Waals surface area (Å²) in [6, 6.07) is 10.0. The summed E-state index contributed by atoms with van der Waals surface area (Å²) in [6.45, 7) is 4.22. The van der Waals surface area contributed by atoms with Crippen LogP contribution in [0.15, 0.2) is 36.4 Å². The number of carbonyl (C=O) groups is 3. The Morgan fingerprint density at radius 1 is 1.18 bits per heavy atom. The molecule has 9 heteroatoms. The number of nitrogens with zero attached hydrogens (tertiary/aromatic N) is 3. The number of fused-ring (bicyclic) bond motifs is 7. The summed E-state index contributed by atoms with van der Waals surface area (Å²) >= 11 is 0. The highest BCUT2D eigenvalue weighted by molar-refractivity contribution is 6.26. The average Bonchev–Trinajstić information content (AvgIpc) is 3.52. The molecule has 3 fully saturated rings. The van der Waals surface area contributed by atoms with E-state index in [2.05, 4.69) is 10.2 Å². The molecule has 0 radical (unpaired) electrons. The van der Waals surface area contributed by atoms with Crippen molar-refractivity contribution >= 4 is 34.8 Å². The lowest BCUT2D eigenvalue weighted by atomic mass is 9.75. The molecule has 4 aliphatic heterocycles. The molecule has 1 spiro atoms. The minimum Gasteiger partial charge on any atom is -0.324 e. The van der Waals surface area contributed by atoms with Gasteiger partial charge in [-0.25, -0.2) is 4.90 Å². The largest absolute Gasteiger partial charge is 0.324 e. The second-order valence-corrected chi connectivity index (χ2v) is 9.55. The molecule has 34 heavy (non-hydrogen) atoms. The number of aryl methyl sites for hydroxylation is 1. The van der Waals surface area contributed by atoms with Gasteiger partial charge in [-0.15, -0.1) is 0 Å². The number of hydrogen-bond acceptors (Lipinski definition) is 6. The second-order valence-electron chi connectivity index (χ2n) is 9.55. The summed E-state index contributed by atoms with van der Waals surface area (Å²) in [5, 5.41) is 14.5. The molecule has 4 atom stereocenters. The fourth-order valence-corrected chi connectivity index (χ4v) is 6.76. The van der Waals surface area contributed by atoms with Crippen molar-refractivity contribution in [2.24, 2.45) is 11.8 Å². The van der Waals surface area contributed by atoms with Gasteiger partial charge in [0.1, 0.15) is 5.54 Å². The summed E-state index contributed by atoms with van der Waals surface area (Å²) in [5.74, 6) is -2.65. The van der Waals surface area contributed by atoms with Crippen LogP contribution in [-0.4, -0.2) is 40.1 Å². The summed E-state index contributed by atoms with van der Waals surface area (Å²) in [6.07, 6.45) is 2.34. The van der Waals surface area contributed by atoms with Crippen molar-refractivity contribution in [3.8, 4) is 0 Å². The summed E-state index contributed by atoms with van der Waals surface area (Å²) in [4.78, 5) is 55.8. The third kappa shape index (κ3) is 2.34. The molecule has 3 amide bonds. The normalized spacial score (nSPS) is 29.5. The Hall–Kier alpha value is -3.59. The highest BCUT2D eigenvalue weighted by atomic mass is 16.6. The molecule has 2 aromatic carbocycles. The van der Waals surface area contributed by atoms with E-state index >= 15 is 0 Å². The number of carbonyl (C=O) groups excluding carboxylic acids is 3. The Morgan fingerprint density at radius 3 is 2.71 bits per heavy atom. The van der Waals surface area contributed by atoms with E-state index in [-0.39, 0.29) is 34.8 Å². The number of nitro benzene ring substituents is 1. The summed E-state index contributed by atoms with van der Waals surface area (Å²) in [7, 11) is 0. The number of benzene rings is 2.